The van der Waals surface area contributed by atoms with Crippen LogP contribution in [0.5, 0.6) is 11.5 Å². The summed E-state index contributed by atoms with van der Waals surface area (Å²) in [5.74, 6) is -2.36. The predicted octanol–water partition coefficient (Wildman–Crippen LogP) is 3.79. The van der Waals surface area contributed by atoms with Crippen LogP contribution in [0.2, 0.25) is 0 Å². The highest BCUT2D eigenvalue weighted by atomic mass is 19.3. The molecule has 29 heavy (non-hydrogen) atoms. The Labute approximate surface area is 160 Å². The second-order valence-electron chi connectivity index (χ2n) is 6.31. The summed E-state index contributed by atoms with van der Waals surface area (Å²) in [7, 11) is 0. The van der Waals surface area contributed by atoms with Gasteiger partial charge in [-0.1, -0.05) is 6.07 Å². The van der Waals surface area contributed by atoms with Crippen LogP contribution in [0.15, 0.2) is 42.5 Å². The van der Waals surface area contributed by atoms with E-state index in [1.54, 1.807) is 6.07 Å². The molecule has 2 heterocycles. The van der Waals surface area contributed by atoms with Crippen molar-refractivity contribution in [2.75, 3.05) is 22.9 Å². The van der Waals surface area contributed by atoms with Crippen LogP contribution in [0.4, 0.5) is 33.7 Å². The van der Waals surface area contributed by atoms with Gasteiger partial charge in [-0.2, -0.15) is 17.6 Å². The van der Waals surface area contributed by atoms with Crippen molar-refractivity contribution in [1.29, 1.82) is 0 Å². The van der Waals surface area contributed by atoms with Gasteiger partial charge in [0, 0.05) is 30.5 Å². The van der Waals surface area contributed by atoms with Gasteiger partial charge in [-0.3, -0.25) is 9.80 Å². The standard InChI is InChI=1S/C18H12F4N2O5/c19-17(20)18(21,22)29-14-9-12(4-5-13(14)28-17)24-7-6-23(16(24)27)11-3-1-2-10(8-11)15(25)26/h1-5,8-9H,6-7H2,(H,25,26). The van der Waals surface area contributed by atoms with Gasteiger partial charge in [0.25, 0.3) is 0 Å². The number of carboxylic acid groups (broad SMARTS) is 1. The van der Waals surface area contributed by atoms with Gasteiger partial charge in [-0.15, -0.1) is 0 Å². The van der Waals surface area contributed by atoms with Crippen LogP contribution in [-0.2, 0) is 0 Å². The molecule has 0 spiro atoms. The van der Waals surface area contributed by atoms with E-state index in [1.165, 1.54) is 34.1 Å². The highest BCUT2D eigenvalue weighted by Crippen LogP contribution is 2.48. The Hall–Kier alpha value is -3.50. The number of fused-ring (bicyclic) bond motifs is 1. The third kappa shape index (κ3) is 3.08. The zero-order valence-electron chi connectivity index (χ0n) is 14.4. The average molecular weight is 412 g/mol. The minimum atomic E-state index is -4.86. The van der Waals surface area contributed by atoms with Crippen molar-refractivity contribution in [3.05, 3.63) is 48.0 Å². The van der Waals surface area contributed by atoms with Crippen LogP contribution in [0.3, 0.4) is 0 Å². The summed E-state index contributed by atoms with van der Waals surface area (Å²) in [5, 5.41) is 9.09. The quantitative estimate of drug-likeness (QED) is 0.777. The minimum Gasteiger partial charge on any atom is -0.478 e. The molecule has 4 rings (SSSR count). The maximum Gasteiger partial charge on any atom is 0.507 e. The van der Waals surface area contributed by atoms with Crippen molar-refractivity contribution in [1.82, 2.24) is 0 Å². The van der Waals surface area contributed by atoms with Gasteiger partial charge in [0.2, 0.25) is 0 Å². The molecule has 2 aliphatic rings. The Balaban J connectivity index is 1.60. The highest BCUT2D eigenvalue weighted by Gasteiger charge is 2.66. The van der Waals surface area contributed by atoms with E-state index in [0.29, 0.717) is 5.69 Å². The Kier molecular flexibility index (Phi) is 4.07. The SMILES string of the molecule is O=C(O)c1cccc(N2CCN(c3ccc4c(c3)OC(F)(F)C(F)(F)O4)C2=O)c1. The maximum absolute atomic E-state index is 13.4. The van der Waals surface area contributed by atoms with Gasteiger partial charge in [0.05, 0.1) is 5.56 Å². The van der Waals surface area contributed by atoms with Gasteiger partial charge in [-0.25, -0.2) is 9.59 Å². The zero-order chi connectivity index (χ0) is 21.0. The Bertz CT molecular complexity index is 1010. The first-order valence-electron chi connectivity index (χ1n) is 8.29. The summed E-state index contributed by atoms with van der Waals surface area (Å²) in [5.41, 5.74) is 0.479. The molecule has 1 N–H and O–H groups in total. The Morgan fingerprint density at radius 2 is 1.48 bits per heavy atom. The number of ether oxygens (including phenoxy) is 2. The lowest BCUT2D eigenvalue weighted by molar-refractivity contribution is -0.391. The van der Waals surface area contributed by atoms with E-state index < -0.39 is 35.7 Å². The third-order valence-corrected chi connectivity index (χ3v) is 4.47. The van der Waals surface area contributed by atoms with Crippen molar-refractivity contribution in [3.8, 4) is 11.5 Å². The van der Waals surface area contributed by atoms with Gasteiger partial charge in [0.1, 0.15) is 0 Å². The van der Waals surface area contributed by atoms with Crippen molar-refractivity contribution < 1.29 is 41.7 Å². The van der Waals surface area contributed by atoms with Gasteiger partial charge < -0.3 is 14.6 Å². The monoisotopic (exact) mass is 412 g/mol. The molecule has 2 aromatic carbocycles. The average Bonchev–Trinajstić information content (AvgIpc) is 3.03. The Morgan fingerprint density at radius 3 is 2.10 bits per heavy atom. The number of carbonyl (C=O) groups excluding carboxylic acids is 1. The molecule has 1 fully saturated rings. The lowest BCUT2D eigenvalue weighted by Crippen LogP contribution is -2.52. The van der Waals surface area contributed by atoms with E-state index in [1.807, 2.05) is 0 Å². The van der Waals surface area contributed by atoms with Crippen LogP contribution in [0, 0.1) is 0 Å². The van der Waals surface area contributed by atoms with Gasteiger partial charge in [-0.05, 0) is 30.3 Å². The van der Waals surface area contributed by atoms with Crippen LogP contribution in [0.25, 0.3) is 0 Å². The number of rotatable bonds is 3. The summed E-state index contributed by atoms with van der Waals surface area (Å²) in [6.07, 6.45) is -9.69. The molecule has 0 aliphatic carbocycles. The second-order valence-corrected chi connectivity index (χ2v) is 6.31. The first-order valence-corrected chi connectivity index (χ1v) is 8.29. The van der Waals surface area contributed by atoms with Gasteiger partial charge >= 0.3 is 24.2 Å². The fourth-order valence-corrected chi connectivity index (χ4v) is 3.05. The summed E-state index contributed by atoms with van der Waals surface area (Å²) >= 11 is 0. The number of hydrogen-bond donors (Lipinski definition) is 1. The van der Waals surface area contributed by atoms with E-state index in [0.717, 1.165) is 12.1 Å². The smallest absolute Gasteiger partial charge is 0.478 e. The van der Waals surface area contributed by atoms with Crippen LogP contribution in [0.1, 0.15) is 10.4 Å². The molecule has 0 unspecified atom stereocenters. The van der Waals surface area contributed by atoms with E-state index in [9.17, 15) is 27.2 Å². The molecule has 2 aliphatic heterocycles. The molecule has 1 saturated heterocycles. The molecule has 0 saturated carbocycles. The number of carboxylic acids is 1. The number of carbonyl (C=O) groups is 2. The fraction of sp³-hybridized carbons (Fsp3) is 0.222. The highest BCUT2D eigenvalue weighted by molar-refractivity contribution is 6.06. The van der Waals surface area contributed by atoms with E-state index >= 15 is 0 Å². The van der Waals surface area contributed by atoms with Crippen LogP contribution in [-0.4, -0.2) is 42.4 Å². The van der Waals surface area contributed by atoms with Crippen molar-refractivity contribution in [2.24, 2.45) is 0 Å². The fourth-order valence-electron chi connectivity index (χ4n) is 3.05. The number of benzene rings is 2. The third-order valence-electron chi connectivity index (χ3n) is 4.47. The number of aromatic carboxylic acids is 1. The first-order chi connectivity index (χ1) is 13.6. The maximum atomic E-state index is 13.4. The van der Waals surface area contributed by atoms with Gasteiger partial charge in [0.15, 0.2) is 11.5 Å². The molecule has 2 amide bonds. The number of amides is 2. The minimum absolute atomic E-state index is 0.00348. The van der Waals surface area contributed by atoms with Crippen LogP contribution < -0.4 is 19.3 Å². The normalized spacial score (nSPS) is 19.4. The largest absolute Gasteiger partial charge is 0.507 e. The number of hydrogen-bond acceptors (Lipinski definition) is 4. The molecule has 152 valence electrons. The van der Waals surface area contributed by atoms with E-state index in [2.05, 4.69) is 9.47 Å². The predicted molar refractivity (Wildman–Crippen MR) is 91.1 cm³/mol. The number of halogens is 4. The molecular formula is C18H12F4N2O5. The molecule has 0 atom stereocenters. The summed E-state index contributed by atoms with van der Waals surface area (Å²) in [4.78, 5) is 26.4. The number of anilines is 2. The Morgan fingerprint density at radius 1 is 0.897 bits per heavy atom. The van der Waals surface area contributed by atoms with Crippen molar-refractivity contribution >= 4 is 23.4 Å². The lowest BCUT2D eigenvalue weighted by Gasteiger charge is -2.32. The molecule has 11 heteroatoms. The molecule has 7 nitrogen and oxygen atoms in total. The molecule has 0 radical (unpaired) electrons. The van der Waals surface area contributed by atoms with Crippen molar-refractivity contribution in [3.63, 3.8) is 0 Å². The molecular weight excluding hydrogens is 400 g/mol. The summed E-state index contributed by atoms with van der Waals surface area (Å²) < 4.78 is 61.4. The topological polar surface area (TPSA) is 79.3 Å². The summed E-state index contributed by atoms with van der Waals surface area (Å²) in [6.45, 7) is 0.354. The zero-order valence-corrected chi connectivity index (χ0v) is 14.4. The second kappa shape index (κ2) is 6.26. The summed E-state index contributed by atoms with van der Waals surface area (Å²) in [6, 6.07) is 8.48. The van der Waals surface area contributed by atoms with Crippen LogP contribution >= 0.6 is 0 Å². The first kappa shape index (κ1) is 18.8. The van der Waals surface area contributed by atoms with Crippen molar-refractivity contribution in [2.45, 2.75) is 12.2 Å². The van der Waals surface area contributed by atoms with E-state index in [-0.39, 0.29) is 24.3 Å². The molecule has 2 aromatic rings. The lowest BCUT2D eigenvalue weighted by atomic mass is 10.2. The number of alkyl halides is 4. The molecule has 0 bridgehead atoms. The molecule has 0 aromatic heterocycles. The number of urea groups is 1. The number of nitrogens with zero attached hydrogens (tertiary/aromatic N) is 2. The van der Waals surface area contributed by atoms with E-state index in [4.69, 9.17) is 5.11 Å².